The standard InChI is InChI=1S/C19H15FN4O3/c1-27-18(26)12-5-7-14(8-6-12)23-19-21-10-9-16(24-19)17(25)22-15-4-2-3-13(20)11-15/h2-11H,1H3,(H,22,25)(H,21,23,24). The van der Waals surface area contributed by atoms with E-state index in [1.807, 2.05) is 0 Å². The molecule has 7 nitrogen and oxygen atoms in total. The molecule has 0 radical (unpaired) electrons. The van der Waals surface area contributed by atoms with E-state index in [-0.39, 0.29) is 11.6 Å². The van der Waals surface area contributed by atoms with E-state index >= 15 is 0 Å². The summed E-state index contributed by atoms with van der Waals surface area (Å²) in [5, 5.41) is 5.51. The summed E-state index contributed by atoms with van der Waals surface area (Å²) in [5.41, 5.74) is 1.48. The molecule has 0 fully saturated rings. The van der Waals surface area contributed by atoms with E-state index in [2.05, 4.69) is 25.3 Å². The lowest BCUT2D eigenvalue weighted by Crippen LogP contribution is -2.14. The molecule has 0 bridgehead atoms. The molecule has 0 unspecified atom stereocenters. The van der Waals surface area contributed by atoms with Gasteiger partial charge in [0.2, 0.25) is 5.95 Å². The maximum atomic E-state index is 13.2. The van der Waals surface area contributed by atoms with Crippen molar-refractivity contribution in [3.63, 3.8) is 0 Å². The smallest absolute Gasteiger partial charge is 0.337 e. The zero-order valence-corrected chi connectivity index (χ0v) is 14.3. The summed E-state index contributed by atoms with van der Waals surface area (Å²) >= 11 is 0. The molecule has 0 atom stereocenters. The van der Waals surface area contributed by atoms with Crippen molar-refractivity contribution in [3.8, 4) is 0 Å². The summed E-state index contributed by atoms with van der Waals surface area (Å²) in [6.45, 7) is 0. The number of hydrogen-bond donors (Lipinski definition) is 2. The van der Waals surface area contributed by atoms with Crippen molar-refractivity contribution in [2.45, 2.75) is 0 Å². The van der Waals surface area contributed by atoms with Crippen molar-refractivity contribution in [1.29, 1.82) is 0 Å². The molecule has 0 saturated carbocycles. The van der Waals surface area contributed by atoms with Gasteiger partial charge in [-0.15, -0.1) is 0 Å². The SMILES string of the molecule is COC(=O)c1ccc(Nc2nccc(C(=O)Nc3cccc(F)c3)n2)cc1. The first-order valence-electron chi connectivity index (χ1n) is 7.90. The molecule has 3 rings (SSSR count). The number of benzene rings is 2. The van der Waals surface area contributed by atoms with Crippen LogP contribution >= 0.6 is 0 Å². The highest BCUT2D eigenvalue weighted by molar-refractivity contribution is 6.03. The average Bonchev–Trinajstić information content (AvgIpc) is 2.68. The van der Waals surface area contributed by atoms with Gasteiger partial charge in [0.25, 0.3) is 5.91 Å². The van der Waals surface area contributed by atoms with Gasteiger partial charge in [-0.2, -0.15) is 0 Å². The number of ether oxygens (including phenoxy) is 1. The molecule has 2 N–H and O–H groups in total. The van der Waals surface area contributed by atoms with Crippen LogP contribution in [0.15, 0.2) is 60.8 Å². The highest BCUT2D eigenvalue weighted by Gasteiger charge is 2.10. The maximum Gasteiger partial charge on any atom is 0.337 e. The van der Waals surface area contributed by atoms with Gasteiger partial charge in [-0.05, 0) is 48.5 Å². The van der Waals surface area contributed by atoms with Crippen molar-refractivity contribution < 1.29 is 18.7 Å². The molecule has 0 aliphatic heterocycles. The normalized spacial score (nSPS) is 10.1. The second kappa shape index (κ2) is 8.05. The van der Waals surface area contributed by atoms with Crippen molar-refractivity contribution in [1.82, 2.24) is 9.97 Å². The third kappa shape index (κ3) is 4.63. The molecule has 136 valence electrons. The van der Waals surface area contributed by atoms with Gasteiger partial charge in [-0.1, -0.05) is 6.07 Å². The summed E-state index contributed by atoms with van der Waals surface area (Å²) in [6, 6.07) is 13.5. The molecule has 1 amide bonds. The number of amides is 1. The molecular weight excluding hydrogens is 351 g/mol. The van der Waals surface area contributed by atoms with Crippen LogP contribution in [-0.2, 0) is 4.74 Å². The molecule has 0 aliphatic carbocycles. The number of nitrogens with zero attached hydrogens (tertiary/aromatic N) is 2. The Balaban J connectivity index is 1.71. The Morgan fingerprint density at radius 1 is 1.04 bits per heavy atom. The number of methoxy groups -OCH3 is 1. The molecule has 0 aliphatic rings. The fourth-order valence-electron chi connectivity index (χ4n) is 2.24. The Morgan fingerprint density at radius 2 is 1.81 bits per heavy atom. The topological polar surface area (TPSA) is 93.2 Å². The van der Waals surface area contributed by atoms with Crippen molar-refractivity contribution in [3.05, 3.63) is 77.9 Å². The molecule has 1 aromatic heterocycles. The van der Waals surface area contributed by atoms with Gasteiger partial charge in [-0.25, -0.2) is 19.2 Å². The van der Waals surface area contributed by atoms with E-state index in [4.69, 9.17) is 0 Å². The van der Waals surface area contributed by atoms with Gasteiger partial charge >= 0.3 is 5.97 Å². The molecule has 2 aromatic carbocycles. The Morgan fingerprint density at radius 3 is 2.52 bits per heavy atom. The van der Waals surface area contributed by atoms with Gasteiger partial charge in [0.1, 0.15) is 11.5 Å². The number of carbonyl (C=O) groups is 2. The summed E-state index contributed by atoms with van der Waals surface area (Å²) < 4.78 is 17.9. The van der Waals surface area contributed by atoms with Crippen LogP contribution in [0, 0.1) is 5.82 Å². The first-order chi connectivity index (χ1) is 13.0. The first kappa shape index (κ1) is 18.0. The highest BCUT2D eigenvalue weighted by Crippen LogP contribution is 2.15. The van der Waals surface area contributed by atoms with Crippen LogP contribution in [0.1, 0.15) is 20.8 Å². The minimum atomic E-state index is -0.493. The Kier molecular flexibility index (Phi) is 5.36. The van der Waals surface area contributed by atoms with E-state index in [9.17, 15) is 14.0 Å². The fraction of sp³-hybridized carbons (Fsp3) is 0.0526. The number of aromatic nitrogens is 2. The molecule has 8 heteroatoms. The fourth-order valence-corrected chi connectivity index (χ4v) is 2.24. The first-order valence-corrected chi connectivity index (χ1v) is 7.90. The number of nitrogens with one attached hydrogen (secondary N) is 2. The van der Waals surface area contributed by atoms with Crippen molar-refractivity contribution >= 4 is 29.2 Å². The number of rotatable bonds is 5. The molecule has 0 saturated heterocycles. The van der Waals surface area contributed by atoms with Crippen LogP contribution in [0.3, 0.4) is 0 Å². The molecule has 1 heterocycles. The quantitative estimate of drug-likeness (QED) is 0.672. The lowest BCUT2D eigenvalue weighted by Gasteiger charge is -2.08. The number of halogens is 1. The predicted octanol–water partition coefficient (Wildman–Crippen LogP) is 3.40. The van der Waals surface area contributed by atoms with Gasteiger partial charge < -0.3 is 15.4 Å². The number of esters is 1. The third-order valence-electron chi connectivity index (χ3n) is 3.53. The van der Waals surface area contributed by atoms with E-state index in [0.29, 0.717) is 16.9 Å². The molecule has 27 heavy (non-hydrogen) atoms. The number of hydrogen-bond acceptors (Lipinski definition) is 6. The lowest BCUT2D eigenvalue weighted by atomic mass is 10.2. The minimum Gasteiger partial charge on any atom is -0.465 e. The average molecular weight is 366 g/mol. The molecule has 0 spiro atoms. The van der Waals surface area contributed by atoms with Crippen LogP contribution in [0.2, 0.25) is 0 Å². The zero-order chi connectivity index (χ0) is 19.2. The predicted molar refractivity (Wildman–Crippen MR) is 97.4 cm³/mol. The monoisotopic (exact) mass is 366 g/mol. The van der Waals surface area contributed by atoms with Crippen molar-refractivity contribution in [2.24, 2.45) is 0 Å². The molecule has 3 aromatic rings. The maximum absolute atomic E-state index is 13.2. The Hall–Kier alpha value is -3.81. The van der Waals surface area contributed by atoms with Crippen LogP contribution in [0.25, 0.3) is 0 Å². The van der Waals surface area contributed by atoms with Gasteiger partial charge in [-0.3, -0.25) is 4.79 Å². The van der Waals surface area contributed by atoms with Crippen LogP contribution in [0.4, 0.5) is 21.7 Å². The highest BCUT2D eigenvalue weighted by atomic mass is 19.1. The van der Waals surface area contributed by atoms with Crippen LogP contribution < -0.4 is 10.6 Å². The largest absolute Gasteiger partial charge is 0.465 e. The number of carbonyl (C=O) groups excluding carboxylic acids is 2. The van der Waals surface area contributed by atoms with Crippen molar-refractivity contribution in [2.75, 3.05) is 17.7 Å². The second-order valence-electron chi connectivity index (χ2n) is 5.42. The molecular formula is C19H15FN4O3. The van der Waals surface area contributed by atoms with E-state index < -0.39 is 17.7 Å². The van der Waals surface area contributed by atoms with E-state index in [1.54, 1.807) is 30.3 Å². The van der Waals surface area contributed by atoms with Crippen LogP contribution in [-0.4, -0.2) is 29.0 Å². The van der Waals surface area contributed by atoms with E-state index in [0.717, 1.165) is 0 Å². The second-order valence-corrected chi connectivity index (χ2v) is 5.42. The van der Waals surface area contributed by atoms with Gasteiger partial charge in [0.05, 0.1) is 12.7 Å². The summed E-state index contributed by atoms with van der Waals surface area (Å²) in [6.07, 6.45) is 1.43. The van der Waals surface area contributed by atoms with Gasteiger partial charge in [0.15, 0.2) is 0 Å². The summed E-state index contributed by atoms with van der Waals surface area (Å²) in [4.78, 5) is 31.9. The number of anilines is 3. The van der Waals surface area contributed by atoms with Crippen LogP contribution in [0.5, 0.6) is 0 Å². The van der Waals surface area contributed by atoms with Gasteiger partial charge in [0, 0.05) is 17.6 Å². The lowest BCUT2D eigenvalue weighted by molar-refractivity contribution is 0.0600. The van der Waals surface area contributed by atoms with E-state index in [1.165, 1.54) is 37.6 Å². The zero-order valence-electron chi connectivity index (χ0n) is 14.3. The third-order valence-corrected chi connectivity index (χ3v) is 3.53. The minimum absolute atomic E-state index is 0.114. The summed E-state index contributed by atoms with van der Waals surface area (Å²) in [7, 11) is 1.31. The Labute approximate surface area is 154 Å². The summed E-state index contributed by atoms with van der Waals surface area (Å²) in [5.74, 6) is -1.18. The Bertz CT molecular complexity index is 977.